The molecule has 1 aromatic carbocycles. The van der Waals surface area contributed by atoms with Gasteiger partial charge in [0.2, 0.25) is 0 Å². The van der Waals surface area contributed by atoms with E-state index in [1.165, 1.54) is 12.1 Å². The molecule has 0 heterocycles. The van der Waals surface area contributed by atoms with Gasteiger partial charge in [-0.05, 0) is 17.7 Å². The second kappa shape index (κ2) is 17.3. The van der Waals surface area contributed by atoms with Crippen molar-refractivity contribution < 1.29 is 67.9 Å². The highest BCUT2D eigenvalue weighted by Crippen LogP contribution is 2.21. The molecule has 32 heavy (non-hydrogen) atoms. The van der Waals surface area contributed by atoms with Gasteiger partial charge in [0.15, 0.2) is 27.2 Å². The summed E-state index contributed by atoms with van der Waals surface area (Å²) in [7, 11) is 0. The van der Waals surface area contributed by atoms with Crippen LogP contribution < -0.4 is 0 Å². The zero-order chi connectivity index (χ0) is 23.6. The van der Waals surface area contributed by atoms with Crippen molar-refractivity contribution in [1.29, 1.82) is 0 Å². The minimum atomic E-state index is -1.34. The second-order valence-electron chi connectivity index (χ2n) is 5.67. The molecule has 0 saturated heterocycles. The Morgan fingerprint density at radius 3 is 1.38 bits per heavy atom. The predicted octanol–water partition coefficient (Wildman–Crippen LogP) is -0.140. The fourth-order valence-electron chi connectivity index (χ4n) is 2.22. The molecular weight excluding hydrogens is 440 g/mol. The molecule has 0 atom stereocenters. The lowest BCUT2D eigenvalue weighted by atomic mass is 9.98. The van der Waals surface area contributed by atoms with Gasteiger partial charge in [-0.25, -0.2) is 9.59 Å². The molecule has 182 valence electrons. The highest BCUT2D eigenvalue weighted by molar-refractivity contribution is 5.97. The molecule has 0 amide bonds. The van der Waals surface area contributed by atoms with E-state index in [0.717, 1.165) is 0 Å². The maximum Gasteiger partial charge on any atom is 0.336 e. The lowest BCUT2D eigenvalue weighted by Gasteiger charge is -2.14. The van der Waals surface area contributed by atoms with Gasteiger partial charge in [0, 0.05) is 5.56 Å². The molecule has 0 aliphatic heterocycles. The number of carboxylic acids is 2. The van der Waals surface area contributed by atoms with Crippen molar-refractivity contribution >= 4 is 11.9 Å². The van der Waals surface area contributed by atoms with Crippen LogP contribution in [-0.2, 0) is 51.1 Å². The highest BCUT2D eigenvalue weighted by atomic mass is 16.8. The summed E-state index contributed by atoms with van der Waals surface area (Å²) in [6, 6.07) is 2.55. The van der Waals surface area contributed by atoms with Gasteiger partial charge in [-0.2, -0.15) is 0 Å². The third-order valence-corrected chi connectivity index (χ3v) is 3.47. The van der Waals surface area contributed by atoms with Gasteiger partial charge in [0.25, 0.3) is 0 Å². The Bertz CT molecular complexity index is 645. The molecule has 0 fully saturated rings. The van der Waals surface area contributed by atoms with Crippen LogP contribution in [0.3, 0.4) is 0 Å². The number of aliphatic hydroxyl groups excluding tert-OH is 2. The van der Waals surface area contributed by atoms with E-state index in [0.29, 0.717) is 5.56 Å². The van der Waals surface area contributed by atoms with Crippen molar-refractivity contribution in [3.63, 3.8) is 0 Å². The number of benzene rings is 1. The molecule has 0 unspecified atom stereocenters. The lowest BCUT2D eigenvalue weighted by molar-refractivity contribution is -0.187. The number of aromatic carboxylic acids is 2. The van der Waals surface area contributed by atoms with Crippen LogP contribution in [0.4, 0.5) is 0 Å². The average Bonchev–Trinajstić information content (AvgIpc) is 2.77. The largest absolute Gasteiger partial charge is 0.478 e. The zero-order valence-electron chi connectivity index (χ0n) is 17.1. The number of rotatable bonds is 20. The summed E-state index contributed by atoms with van der Waals surface area (Å²) in [5.74, 6) is -2.68. The maximum absolute atomic E-state index is 11.6. The number of ether oxygens (including phenoxy) is 8. The van der Waals surface area contributed by atoms with Gasteiger partial charge in [0.05, 0.1) is 24.3 Å². The van der Waals surface area contributed by atoms with E-state index < -0.39 is 25.5 Å². The number of carboxylic acid groups (broad SMARTS) is 2. The first kappa shape index (κ1) is 27.8. The predicted molar refractivity (Wildman–Crippen MR) is 99.8 cm³/mol. The molecule has 0 bridgehead atoms. The summed E-state index contributed by atoms with van der Waals surface area (Å²) in [4.78, 5) is 23.3. The maximum atomic E-state index is 11.6. The fraction of sp³-hybridized carbons (Fsp3) is 0.556. The van der Waals surface area contributed by atoms with Crippen LogP contribution in [0.2, 0.25) is 0 Å². The van der Waals surface area contributed by atoms with E-state index in [-0.39, 0.29) is 70.7 Å². The van der Waals surface area contributed by atoms with Gasteiger partial charge < -0.3 is 58.3 Å². The molecule has 0 aliphatic rings. The van der Waals surface area contributed by atoms with E-state index in [2.05, 4.69) is 9.47 Å². The summed E-state index contributed by atoms with van der Waals surface area (Å²) in [6.07, 6.45) is 0. The van der Waals surface area contributed by atoms with Crippen LogP contribution in [0, 0.1) is 0 Å². The van der Waals surface area contributed by atoms with Gasteiger partial charge in [-0.15, -0.1) is 0 Å². The normalized spacial score (nSPS) is 11.1. The van der Waals surface area contributed by atoms with Crippen molar-refractivity contribution in [2.45, 2.75) is 13.2 Å². The average molecular weight is 466 g/mol. The SMILES string of the molecule is O=C(O)c1cc(COCOCOCOCO)cc(C(=O)O)c1COCOCOCOCO. The van der Waals surface area contributed by atoms with E-state index in [4.69, 9.17) is 38.6 Å². The summed E-state index contributed by atoms with van der Waals surface area (Å²) >= 11 is 0. The fourth-order valence-corrected chi connectivity index (χ4v) is 2.22. The summed E-state index contributed by atoms with van der Waals surface area (Å²) in [5, 5.41) is 35.8. The third kappa shape index (κ3) is 11.4. The summed E-state index contributed by atoms with van der Waals surface area (Å²) in [6.45, 7) is -2.70. The molecule has 0 spiro atoms. The Labute approximate surface area is 182 Å². The molecule has 14 nitrogen and oxygen atoms in total. The number of aliphatic hydroxyl groups is 2. The standard InChI is InChI=1S/C18H26O14/c19-5-27-9-31-11-29-7-25-3-13-1-14(17(21)22)16(15(2-13)18(23)24)4-26-8-30-12-32-10-28-6-20/h1-2,19-20H,3-12H2,(H,21,22)(H,23,24). The van der Waals surface area contributed by atoms with Crippen LogP contribution >= 0.6 is 0 Å². The number of hydrogen-bond acceptors (Lipinski definition) is 12. The van der Waals surface area contributed by atoms with Crippen molar-refractivity contribution in [2.24, 2.45) is 0 Å². The zero-order valence-corrected chi connectivity index (χ0v) is 17.1. The van der Waals surface area contributed by atoms with Crippen LogP contribution in [0.1, 0.15) is 31.8 Å². The van der Waals surface area contributed by atoms with E-state index in [9.17, 15) is 19.8 Å². The van der Waals surface area contributed by atoms with Crippen molar-refractivity contribution in [2.75, 3.05) is 54.3 Å². The first-order valence-corrected chi connectivity index (χ1v) is 8.97. The molecule has 4 N–H and O–H groups in total. The third-order valence-electron chi connectivity index (χ3n) is 3.47. The Morgan fingerprint density at radius 1 is 0.594 bits per heavy atom. The highest BCUT2D eigenvalue weighted by Gasteiger charge is 2.20. The number of carbonyl (C=O) groups is 2. The number of hydrogen-bond donors (Lipinski definition) is 4. The van der Waals surface area contributed by atoms with Crippen LogP contribution in [0.5, 0.6) is 0 Å². The molecule has 1 aromatic rings. The second-order valence-corrected chi connectivity index (χ2v) is 5.67. The van der Waals surface area contributed by atoms with Gasteiger partial charge in [-0.1, -0.05) is 0 Å². The van der Waals surface area contributed by atoms with Gasteiger partial charge in [0.1, 0.15) is 27.2 Å². The Kier molecular flexibility index (Phi) is 15.1. The van der Waals surface area contributed by atoms with E-state index >= 15 is 0 Å². The first-order valence-electron chi connectivity index (χ1n) is 8.97. The van der Waals surface area contributed by atoms with Crippen LogP contribution in [-0.4, -0.2) is 86.7 Å². The molecule has 14 heteroatoms. The van der Waals surface area contributed by atoms with E-state index in [1.54, 1.807) is 0 Å². The van der Waals surface area contributed by atoms with Crippen LogP contribution in [0.25, 0.3) is 0 Å². The minimum absolute atomic E-state index is 0.0459. The van der Waals surface area contributed by atoms with Crippen molar-refractivity contribution in [3.8, 4) is 0 Å². The van der Waals surface area contributed by atoms with Crippen LogP contribution in [0.15, 0.2) is 12.1 Å². The summed E-state index contributed by atoms with van der Waals surface area (Å²) in [5.41, 5.74) is -0.274. The van der Waals surface area contributed by atoms with Gasteiger partial charge >= 0.3 is 11.9 Å². The minimum Gasteiger partial charge on any atom is -0.478 e. The van der Waals surface area contributed by atoms with E-state index in [1.807, 2.05) is 0 Å². The van der Waals surface area contributed by atoms with Gasteiger partial charge in [-0.3, -0.25) is 0 Å². The van der Waals surface area contributed by atoms with Crippen molar-refractivity contribution in [1.82, 2.24) is 0 Å². The topological polar surface area (TPSA) is 189 Å². The first-order chi connectivity index (χ1) is 15.5. The Hall–Kier alpha value is -2.24. The summed E-state index contributed by atoms with van der Waals surface area (Å²) < 4.78 is 39.0. The molecular formula is C18H26O14. The molecule has 1 rings (SSSR count). The molecule has 0 aliphatic carbocycles. The lowest BCUT2D eigenvalue weighted by Crippen LogP contribution is -2.14. The Morgan fingerprint density at radius 2 is 0.969 bits per heavy atom. The molecule has 0 saturated carbocycles. The quantitative estimate of drug-likeness (QED) is 0.147. The molecule has 0 radical (unpaired) electrons. The van der Waals surface area contributed by atoms with Crippen molar-refractivity contribution in [3.05, 3.63) is 34.4 Å². The Balaban J connectivity index is 2.60. The smallest absolute Gasteiger partial charge is 0.336 e. The monoisotopic (exact) mass is 466 g/mol. The molecule has 0 aromatic heterocycles.